The number of nitrogens with zero attached hydrogens (tertiary/aromatic N) is 1. The summed E-state index contributed by atoms with van der Waals surface area (Å²) in [5.74, 6) is 0.190. The fraction of sp³-hybridized carbons (Fsp3) is 0.500. The molecular formula is C26H25F3N2O4S2. The van der Waals surface area contributed by atoms with Gasteiger partial charge in [0, 0.05) is 20.9 Å². The van der Waals surface area contributed by atoms with Crippen molar-refractivity contribution >= 4 is 44.6 Å². The summed E-state index contributed by atoms with van der Waals surface area (Å²) in [6.07, 6.45) is 1.35. The molecule has 4 saturated carbocycles. The van der Waals surface area contributed by atoms with E-state index in [2.05, 4.69) is 10.3 Å². The minimum absolute atomic E-state index is 0.128. The first-order valence-corrected chi connectivity index (χ1v) is 14.1. The number of thiophene rings is 1. The van der Waals surface area contributed by atoms with Crippen LogP contribution in [0.15, 0.2) is 29.0 Å². The molecule has 4 fully saturated rings. The Kier molecular flexibility index (Phi) is 5.98. The molecule has 6 nitrogen and oxygen atoms in total. The van der Waals surface area contributed by atoms with Gasteiger partial charge in [-0.2, -0.15) is 13.2 Å². The predicted molar refractivity (Wildman–Crippen MR) is 133 cm³/mol. The van der Waals surface area contributed by atoms with Crippen LogP contribution >= 0.6 is 22.7 Å². The van der Waals surface area contributed by atoms with E-state index < -0.39 is 35.2 Å². The van der Waals surface area contributed by atoms with Gasteiger partial charge in [-0.1, -0.05) is 0 Å². The minimum Gasteiger partial charge on any atom is -0.485 e. The molecule has 2 N–H and O–H groups in total. The molecule has 196 valence electrons. The van der Waals surface area contributed by atoms with Crippen molar-refractivity contribution in [3.8, 4) is 5.75 Å². The first-order chi connectivity index (χ1) is 17.6. The lowest BCUT2D eigenvalue weighted by atomic mass is 9.47. The van der Waals surface area contributed by atoms with Gasteiger partial charge in [0.15, 0.2) is 5.69 Å². The first-order valence-electron chi connectivity index (χ1n) is 12.3. The van der Waals surface area contributed by atoms with Gasteiger partial charge < -0.3 is 15.2 Å². The minimum atomic E-state index is -4.55. The number of aliphatic carboxylic acids is 1. The third-order valence-corrected chi connectivity index (χ3v) is 9.94. The molecule has 0 saturated heterocycles. The van der Waals surface area contributed by atoms with Gasteiger partial charge in [0.05, 0.1) is 5.56 Å². The van der Waals surface area contributed by atoms with Gasteiger partial charge in [-0.25, -0.2) is 9.78 Å². The summed E-state index contributed by atoms with van der Waals surface area (Å²) in [7, 11) is 0. The Labute approximate surface area is 218 Å². The van der Waals surface area contributed by atoms with Gasteiger partial charge in [-0.05, 0) is 79.9 Å². The molecule has 1 atom stereocenters. The predicted octanol–water partition coefficient (Wildman–Crippen LogP) is 6.36. The highest BCUT2D eigenvalue weighted by atomic mass is 32.1. The number of ether oxygens (including phenoxy) is 1. The van der Waals surface area contributed by atoms with Crippen molar-refractivity contribution < 1.29 is 32.6 Å². The lowest BCUT2D eigenvalue weighted by molar-refractivity contribution is -0.150. The molecule has 0 aliphatic heterocycles. The van der Waals surface area contributed by atoms with E-state index in [4.69, 9.17) is 4.74 Å². The number of halogens is 3. The van der Waals surface area contributed by atoms with Crippen molar-refractivity contribution in [2.75, 3.05) is 0 Å². The Morgan fingerprint density at radius 3 is 2.38 bits per heavy atom. The van der Waals surface area contributed by atoms with Gasteiger partial charge in [-0.3, -0.25) is 4.79 Å². The van der Waals surface area contributed by atoms with E-state index in [0.717, 1.165) is 59.9 Å². The van der Waals surface area contributed by atoms with Crippen LogP contribution in [0.2, 0.25) is 0 Å². The molecule has 4 aliphatic rings. The van der Waals surface area contributed by atoms with Crippen LogP contribution in [-0.2, 0) is 17.6 Å². The summed E-state index contributed by atoms with van der Waals surface area (Å²) >= 11 is 2.27. The second kappa shape index (κ2) is 8.97. The van der Waals surface area contributed by atoms with Crippen molar-refractivity contribution in [1.29, 1.82) is 0 Å². The van der Waals surface area contributed by atoms with E-state index in [1.165, 1.54) is 11.3 Å². The lowest BCUT2D eigenvalue weighted by Crippen LogP contribution is -2.59. The van der Waals surface area contributed by atoms with Crippen LogP contribution in [-0.4, -0.2) is 28.0 Å². The van der Waals surface area contributed by atoms with Gasteiger partial charge >= 0.3 is 12.1 Å². The standard InChI is InChI=1S/C26H25F3N2O4S2/c27-26(28,29)19-12-37-20(30-19)11-35-21-16-3-4-36-18(16)2-1-17(21)23(32)31-22(24(33)34)25-8-13-5-14(9-25)7-15(6-13)10-25/h1-4,12-15,22H,5-11H2,(H,31,32)(H,33,34)/t13?,14?,15?,22-,25?/m1/s1. The van der Waals surface area contributed by atoms with Gasteiger partial charge in [0.1, 0.15) is 23.4 Å². The number of carbonyl (C=O) groups excluding carboxylic acids is 1. The van der Waals surface area contributed by atoms with Crippen molar-refractivity contribution in [3.63, 3.8) is 0 Å². The van der Waals surface area contributed by atoms with Gasteiger partial charge in [-0.15, -0.1) is 22.7 Å². The van der Waals surface area contributed by atoms with Crippen molar-refractivity contribution in [3.05, 3.63) is 45.2 Å². The maximum atomic E-state index is 13.6. The van der Waals surface area contributed by atoms with Crippen LogP contribution < -0.4 is 10.1 Å². The number of hydrogen-bond acceptors (Lipinski definition) is 6. The van der Waals surface area contributed by atoms with E-state index in [0.29, 0.717) is 23.1 Å². The number of benzene rings is 1. The molecule has 37 heavy (non-hydrogen) atoms. The largest absolute Gasteiger partial charge is 0.485 e. The highest BCUT2D eigenvalue weighted by Crippen LogP contribution is 2.61. The van der Waals surface area contributed by atoms with Gasteiger partial charge in [0.2, 0.25) is 0 Å². The highest BCUT2D eigenvalue weighted by molar-refractivity contribution is 7.17. The summed E-state index contributed by atoms with van der Waals surface area (Å²) in [4.78, 5) is 29.7. The molecule has 1 amide bonds. The Morgan fingerprint density at radius 1 is 1.11 bits per heavy atom. The maximum absolute atomic E-state index is 13.6. The summed E-state index contributed by atoms with van der Waals surface area (Å²) in [5, 5.41) is 16.6. The zero-order valence-corrected chi connectivity index (χ0v) is 21.3. The van der Waals surface area contributed by atoms with Crippen molar-refractivity contribution in [1.82, 2.24) is 10.3 Å². The third kappa shape index (κ3) is 4.50. The Morgan fingerprint density at radius 2 is 1.78 bits per heavy atom. The lowest BCUT2D eigenvalue weighted by Gasteiger charge is -2.58. The molecule has 2 aromatic heterocycles. The number of rotatable bonds is 7. The number of aromatic nitrogens is 1. The van der Waals surface area contributed by atoms with E-state index in [1.807, 2.05) is 5.38 Å². The summed E-state index contributed by atoms with van der Waals surface area (Å²) < 4.78 is 45.6. The number of alkyl halides is 3. The zero-order chi connectivity index (χ0) is 25.9. The topological polar surface area (TPSA) is 88.5 Å². The monoisotopic (exact) mass is 550 g/mol. The molecule has 7 rings (SSSR count). The first kappa shape index (κ1) is 24.7. The maximum Gasteiger partial charge on any atom is 0.434 e. The number of carboxylic acid groups (broad SMARTS) is 1. The second-order valence-electron chi connectivity index (χ2n) is 10.7. The number of fused-ring (bicyclic) bond motifs is 1. The normalized spacial score (nSPS) is 27.4. The molecule has 0 unspecified atom stereocenters. The Hall–Kier alpha value is -2.66. The molecular weight excluding hydrogens is 525 g/mol. The third-order valence-electron chi connectivity index (χ3n) is 8.23. The number of carboxylic acids is 1. The van der Waals surface area contributed by atoms with E-state index in [1.54, 1.807) is 18.2 Å². The quantitative estimate of drug-likeness (QED) is 0.358. The number of hydrogen-bond donors (Lipinski definition) is 2. The Bertz CT molecular complexity index is 1330. The number of thiazole rings is 1. The van der Waals surface area contributed by atoms with E-state index in [-0.39, 0.29) is 22.9 Å². The van der Waals surface area contributed by atoms with Crippen LogP contribution in [0.4, 0.5) is 13.2 Å². The number of nitrogens with one attached hydrogen (secondary N) is 1. The molecule has 0 spiro atoms. The van der Waals surface area contributed by atoms with Crippen LogP contribution in [0.5, 0.6) is 5.75 Å². The fourth-order valence-electron chi connectivity index (χ4n) is 7.21. The van der Waals surface area contributed by atoms with Crippen LogP contribution in [0.3, 0.4) is 0 Å². The van der Waals surface area contributed by atoms with Gasteiger partial charge in [0.25, 0.3) is 5.91 Å². The molecule has 11 heteroatoms. The summed E-state index contributed by atoms with van der Waals surface area (Å²) in [6.45, 7) is -0.243. The molecule has 3 aromatic rings. The smallest absolute Gasteiger partial charge is 0.434 e. The summed E-state index contributed by atoms with van der Waals surface area (Å²) in [5.41, 5.74) is -1.27. The van der Waals surface area contributed by atoms with Crippen molar-refractivity contribution in [2.24, 2.45) is 23.2 Å². The average molecular weight is 551 g/mol. The van der Waals surface area contributed by atoms with Crippen LogP contribution in [0, 0.1) is 23.2 Å². The van der Waals surface area contributed by atoms with Crippen molar-refractivity contribution in [2.45, 2.75) is 57.3 Å². The molecule has 1 aromatic carbocycles. The molecule has 4 aliphatic carbocycles. The zero-order valence-electron chi connectivity index (χ0n) is 19.7. The number of amides is 1. The number of carbonyl (C=O) groups is 2. The summed E-state index contributed by atoms with van der Waals surface area (Å²) in [6, 6.07) is 4.13. The molecule has 2 heterocycles. The highest BCUT2D eigenvalue weighted by Gasteiger charge is 2.56. The SMILES string of the molecule is O=C(N[C@H](C(=O)O)C12CC3CC(CC(C3)C1)C2)c1ccc2sccc2c1OCc1nc(C(F)(F)F)cs1. The molecule has 4 bridgehead atoms. The van der Waals surface area contributed by atoms with E-state index >= 15 is 0 Å². The average Bonchev–Trinajstić information content (AvgIpc) is 3.49. The Balaban J connectivity index is 1.27. The van der Waals surface area contributed by atoms with Crippen LogP contribution in [0.1, 0.15) is 59.6 Å². The second-order valence-corrected chi connectivity index (χ2v) is 12.6. The fourth-order valence-corrected chi connectivity index (χ4v) is 8.71. The molecule has 0 radical (unpaired) electrons. The van der Waals surface area contributed by atoms with Crippen LogP contribution in [0.25, 0.3) is 10.1 Å². The van der Waals surface area contributed by atoms with E-state index in [9.17, 15) is 27.9 Å².